The number of hydrogen-bond acceptors (Lipinski definition) is 2. The van der Waals surface area contributed by atoms with Crippen molar-refractivity contribution in [2.24, 2.45) is 5.73 Å². The Labute approximate surface area is 92.8 Å². The Morgan fingerprint density at radius 2 is 2.00 bits per heavy atom. The van der Waals surface area contributed by atoms with E-state index in [4.69, 9.17) is 10.5 Å². The maximum atomic E-state index is 5.86. The monoisotopic (exact) mass is 207 g/mol. The molecule has 0 heterocycles. The average Bonchev–Trinajstić information content (AvgIpc) is 2.13. The first-order chi connectivity index (χ1) is 6.97. The molecule has 0 aliphatic heterocycles. The van der Waals surface area contributed by atoms with Crippen LogP contribution >= 0.6 is 0 Å². The molecule has 0 aliphatic rings. The van der Waals surface area contributed by atoms with Gasteiger partial charge in [0.25, 0.3) is 0 Å². The summed E-state index contributed by atoms with van der Waals surface area (Å²) < 4.78 is 5.46. The summed E-state index contributed by atoms with van der Waals surface area (Å²) in [5.41, 5.74) is 7.70. The van der Waals surface area contributed by atoms with Crippen molar-refractivity contribution in [3.05, 3.63) is 48.3 Å². The van der Waals surface area contributed by atoms with Crippen LogP contribution in [0.15, 0.2) is 48.3 Å². The molecule has 2 nitrogen and oxygen atoms in total. The van der Waals surface area contributed by atoms with Gasteiger partial charge < -0.3 is 10.5 Å². The smallest absolute Gasteiger partial charge is 0.107 e. The molecular formula is C13H21NO. The van der Waals surface area contributed by atoms with Crippen LogP contribution in [-0.2, 0) is 4.74 Å². The van der Waals surface area contributed by atoms with Crippen molar-refractivity contribution in [1.29, 1.82) is 0 Å². The van der Waals surface area contributed by atoms with Crippen LogP contribution in [0.5, 0.6) is 0 Å². The van der Waals surface area contributed by atoms with E-state index in [0.717, 1.165) is 16.9 Å². The zero-order chi connectivity index (χ0) is 11.8. The Hall–Kier alpha value is -1.28. The fraction of sp³-hybridized carbons (Fsp3) is 0.385. The van der Waals surface area contributed by atoms with Gasteiger partial charge in [-0.1, -0.05) is 30.9 Å². The highest BCUT2D eigenvalue weighted by atomic mass is 16.5. The lowest BCUT2D eigenvalue weighted by atomic mass is 10.1. The summed E-state index contributed by atoms with van der Waals surface area (Å²) in [4.78, 5) is 0. The highest BCUT2D eigenvalue weighted by Crippen LogP contribution is 2.05. The predicted octanol–water partition coefficient (Wildman–Crippen LogP) is 2.94. The maximum absolute atomic E-state index is 5.86. The third-order valence-electron chi connectivity index (χ3n) is 1.80. The van der Waals surface area contributed by atoms with E-state index in [2.05, 4.69) is 13.2 Å². The van der Waals surface area contributed by atoms with E-state index in [-0.39, 0.29) is 6.04 Å². The fourth-order valence-corrected chi connectivity index (χ4v) is 1.05. The standard InChI is InChI=1S/C13H21NO/c1-6-7-11(4)13(14)9-15-12(5)8-10(2)3/h6-8,13H,2,4,9,14H2,1,3,5H3/b7-6-,12-8+. The normalized spacial score (nSPS) is 14.0. The molecule has 0 aromatic rings. The van der Waals surface area contributed by atoms with Crippen LogP contribution in [0.4, 0.5) is 0 Å². The van der Waals surface area contributed by atoms with Crippen molar-refractivity contribution in [2.75, 3.05) is 6.61 Å². The molecular weight excluding hydrogens is 186 g/mol. The van der Waals surface area contributed by atoms with Crippen LogP contribution in [0.3, 0.4) is 0 Å². The van der Waals surface area contributed by atoms with Gasteiger partial charge in [-0.2, -0.15) is 0 Å². The van der Waals surface area contributed by atoms with E-state index in [1.54, 1.807) is 0 Å². The summed E-state index contributed by atoms with van der Waals surface area (Å²) >= 11 is 0. The first kappa shape index (κ1) is 13.7. The molecule has 0 radical (unpaired) electrons. The van der Waals surface area contributed by atoms with Gasteiger partial charge in [-0.3, -0.25) is 0 Å². The molecule has 0 saturated carbocycles. The second-order valence-corrected chi connectivity index (χ2v) is 3.59. The second-order valence-electron chi connectivity index (χ2n) is 3.59. The molecule has 0 bridgehead atoms. The van der Waals surface area contributed by atoms with E-state index in [0.29, 0.717) is 6.61 Å². The summed E-state index contributed by atoms with van der Waals surface area (Å²) in [7, 11) is 0. The molecule has 0 spiro atoms. The zero-order valence-electron chi connectivity index (χ0n) is 9.92. The lowest BCUT2D eigenvalue weighted by Gasteiger charge is -2.13. The third-order valence-corrected chi connectivity index (χ3v) is 1.80. The molecule has 15 heavy (non-hydrogen) atoms. The van der Waals surface area contributed by atoms with Crippen molar-refractivity contribution in [3.8, 4) is 0 Å². The Morgan fingerprint density at radius 3 is 2.47 bits per heavy atom. The highest BCUT2D eigenvalue weighted by molar-refractivity contribution is 5.20. The Morgan fingerprint density at radius 1 is 1.40 bits per heavy atom. The fourth-order valence-electron chi connectivity index (χ4n) is 1.05. The zero-order valence-corrected chi connectivity index (χ0v) is 9.92. The van der Waals surface area contributed by atoms with Crippen molar-refractivity contribution < 1.29 is 4.74 Å². The van der Waals surface area contributed by atoms with Crippen LogP contribution in [0, 0.1) is 0 Å². The van der Waals surface area contributed by atoms with Gasteiger partial charge >= 0.3 is 0 Å². The summed E-state index contributed by atoms with van der Waals surface area (Å²) in [5, 5.41) is 0. The topological polar surface area (TPSA) is 35.2 Å². The lowest BCUT2D eigenvalue weighted by molar-refractivity contribution is 0.205. The summed E-state index contributed by atoms with van der Waals surface area (Å²) in [5.74, 6) is 0.825. The molecule has 0 fully saturated rings. The van der Waals surface area contributed by atoms with Crippen LogP contribution in [-0.4, -0.2) is 12.6 Å². The van der Waals surface area contributed by atoms with E-state index in [1.165, 1.54) is 0 Å². The first-order valence-corrected chi connectivity index (χ1v) is 5.01. The molecule has 0 aliphatic carbocycles. The van der Waals surface area contributed by atoms with Crippen molar-refractivity contribution in [1.82, 2.24) is 0 Å². The second kappa shape index (κ2) is 7.07. The molecule has 84 valence electrons. The maximum Gasteiger partial charge on any atom is 0.107 e. The molecule has 0 aromatic carbocycles. The number of nitrogens with two attached hydrogens (primary N) is 1. The SMILES string of the molecule is C=C(C)/C=C(\C)OCC(N)C(=C)/C=C\C. The van der Waals surface area contributed by atoms with Gasteiger partial charge in [-0.25, -0.2) is 0 Å². The van der Waals surface area contributed by atoms with Gasteiger partial charge in [0.1, 0.15) is 6.61 Å². The first-order valence-electron chi connectivity index (χ1n) is 5.01. The minimum absolute atomic E-state index is 0.158. The molecule has 0 rings (SSSR count). The van der Waals surface area contributed by atoms with Crippen LogP contribution < -0.4 is 5.73 Å². The largest absolute Gasteiger partial charge is 0.496 e. The molecule has 2 heteroatoms. The van der Waals surface area contributed by atoms with E-state index < -0.39 is 0 Å². The number of ether oxygens (including phenoxy) is 1. The highest BCUT2D eigenvalue weighted by Gasteiger charge is 2.04. The van der Waals surface area contributed by atoms with Crippen molar-refractivity contribution in [3.63, 3.8) is 0 Å². The Balaban J connectivity index is 4.06. The van der Waals surface area contributed by atoms with Crippen molar-refractivity contribution >= 4 is 0 Å². The van der Waals surface area contributed by atoms with E-state index in [9.17, 15) is 0 Å². The van der Waals surface area contributed by atoms with Gasteiger partial charge in [-0.05, 0) is 32.4 Å². The van der Waals surface area contributed by atoms with Gasteiger partial charge in [0, 0.05) is 0 Å². The van der Waals surface area contributed by atoms with Gasteiger partial charge in [0.05, 0.1) is 11.8 Å². The van der Waals surface area contributed by atoms with Gasteiger partial charge in [0.15, 0.2) is 0 Å². The summed E-state index contributed by atoms with van der Waals surface area (Å²) in [6.07, 6.45) is 5.69. The summed E-state index contributed by atoms with van der Waals surface area (Å²) in [6.45, 7) is 13.8. The van der Waals surface area contributed by atoms with E-state index in [1.807, 2.05) is 39.0 Å². The van der Waals surface area contributed by atoms with Gasteiger partial charge in [0.2, 0.25) is 0 Å². The minimum atomic E-state index is -0.158. The average molecular weight is 207 g/mol. The van der Waals surface area contributed by atoms with Crippen LogP contribution in [0.25, 0.3) is 0 Å². The summed E-state index contributed by atoms with van der Waals surface area (Å²) in [6, 6.07) is -0.158. The predicted molar refractivity (Wildman–Crippen MR) is 66.5 cm³/mol. The van der Waals surface area contributed by atoms with Gasteiger partial charge in [-0.15, -0.1) is 0 Å². The van der Waals surface area contributed by atoms with Crippen LogP contribution in [0.2, 0.25) is 0 Å². The molecule has 0 amide bonds. The number of rotatable bonds is 6. The molecule has 1 unspecified atom stereocenters. The quantitative estimate of drug-likeness (QED) is 0.537. The Kier molecular flexibility index (Phi) is 6.47. The molecule has 0 aromatic heterocycles. The van der Waals surface area contributed by atoms with Crippen LogP contribution in [0.1, 0.15) is 20.8 Å². The third kappa shape index (κ3) is 6.75. The molecule has 2 N–H and O–H groups in total. The molecule has 0 saturated heterocycles. The molecule has 1 atom stereocenters. The van der Waals surface area contributed by atoms with Crippen molar-refractivity contribution in [2.45, 2.75) is 26.8 Å². The number of hydrogen-bond donors (Lipinski definition) is 1. The number of allylic oxidation sites excluding steroid dienone is 4. The minimum Gasteiger partial charge on any atom is -0.496 e. The van der Waals surface area contributed by atoms with E-state index >= 15 is 0 Å². The lowest BCUT2D eigenvalue weighted by Crippen LogP contribution is -2.27. The Bertz CT molecular complexity index is 287.